The van der Waals surface area contributed by atoms with E-state index in [0.717, 1.165) is 25.7 Å². The maximum atomic E-state index is 13.8. The number of halogens is 1. The average Bonchev–Trinajstić information content (AvgIpc) is 2.62. The van der Waals surface area contributed by atoms with E-state index in [0.29, 0.717) is 11.4 Å². The molecule has 0 bridgehead atoms. The molecule has 1 fully saturated rings. The fourth-order valence-electron chi connectivity index (χ4n) is 3.12. The summed E-state index contributed by atoms with van der Waals surface area (Å²) in [6, 6.07) is 5.63. The lowest BCUT2D eigenvalue weighted by Gasteiger charge is -2.27. The van der Waals surface area contributed by atoms with Crippen molar-refractivity contribution in [2.75, 3.05) is 10.6 Å². The predicted molar refractivity (Wildman–Crippen MR) is 109 cm³/mol. The summed E-state index contributed by atoms with van der Waals surface area (Å²) in [5.74, 6) is -0.797. The molecular weight excluding hydrogens is 375 g/mol. The monoisotopic (exact) mass is 404 g/mol. The number of carbonyl (C=O) groups is 2. The Morgan fingerprint density at radius 3 is 2.45 bits per heavy atom. The van der Waals surface area contributed by atoms with Crippen LogP contribution in [0.3, 0.4) is 0 Å². The Kier molecular flexibility index (Phi) is 7.43. The number of benzene rings is 1. The van der Waals surface area contributed by atoms with Crippen LogP contribution in [0.25, 0.3) is 0 Å². The molecule has 1 aromatic carbocycles. The molecule has 3 N–H and O–H groups in total. The maximum Gasteiger partial charge on any atom is 0.408 e. The second-order valence-corrected chi connectivity index (χ2v) is 8.37. The molecular formula is C21H29FN4O3. The molecule has 29 heavy (non-hydrogen) atoms. The lowest BCUT2D eigenvalue weighted by atomic mass is 9.87. The lowest BCUT2D eigenvalue weighted by Crippen LogP contribution is -2.44. The molecule has 0 radical (unpaired) electrons. The van der Waals surface area contributed by atoms with Crippen LogP contribution in [-0.4, -0.2) is 29.7 Å². The van der Waals surface area contributed by atoms with Crippen molar-refractivity contribution >= 4 is 23.4 Å². The van der Waals surface area contributed by atoms with Crippen LogP contribution in [0, 0.1) is 23.1 Å². The molecule has 0 aliphatic heterocycles. The highest BCUT2D eigenvalue weighted by Crippen LogP contribution is 2.29. The number of nitrogens with zero attached hydrogens (tertiary/aromatic N) is 1. The van der Waals surface area contributed by atoms with Gasteiger partial charge >= 0.3 is 6.09 Å². The Hall–Kier alpha value is -2.82. The van der Waals surface area contributed by atoms with E-state index in [1.807, 2.05) is 0 Å². The van der Waals surface area contributed by atoms with Crippen LogP contribution in [0.5, 0.6) is 0 Å². The summed E-state index contributed by atoms with van der Waals surface area (Å²) in [5, 5.41) is 17.5. The third-order valence-corrected chi connectivity index (χ3v) is 4.64. The first-order valence-electron chi connectivity index (χ1n) is 9.83. The first-order chi connectivity index (χ1) is 13.6. The molecule has 0 spiro atoms. The van der Waals surface area contributed by atoms with Gasteiger partial charge < -0.3 is 20.7 Å². The van der Waals surface area contributed by atoms with Crippen LogP contribution in [0.2, 0.25) is 0 Å². The van der Waals surface area contributed by atoms with Crippen molar-refractivity contribution in [2.24, 2.45) is 5.92 Å². The van der Waals surface area contributed by atoms with Crippen LogP contribution >= 0.6 is 0 Å². The zero-order valence-electron chi connectivity index (χ0n) is 17.3. The summed E-state index contributed by atoms with van der Waals surface area (Å²) >= 11 is 0. The van der Waals surface area contributed by atoms with Gasteiger partial charge in [0.2, 0.25) is 5.91 Å². The summed E-state index contributed by atoms with van der Waals surface area (Å²) in [6.45, 7) is 6.74. The smallest absolute Gasteiger partial charge is 0.408 e. The van der Waals surface area contributed by atoms with Gasteiger partial charge in [0.15, 0.2) is 0 Å². The first-order valence-corrected chi connectivity index (χ1v) is 9.83. The number of hydrogen-bond acceptors (Lipinski definition) is 5. The number of nitriles is 1. The fourth-order valence-corrected chi connectivity index (χ4v) is 3.12. The zero-order chi connectivity index (χ0) is 21.6. The summed E-state index contributed by atoms with van der Waals surface area (Å²) in [4.78, 5) is 24.3. The Labute approximate surface area is 171 Å². The average molecular weight is 404 g/mol. The fraction of sp³-hybridized carbons (Fsp3) is 0.571. The number of anilines is 2. The number of ether oxygens (including phenoxy) is 1. The molecule has 158 valence electrons. The first kappa shape index (κ1) is 22.5. The van der Waals surface area contributed by atoms with Gasteiger partial charge in [-0.15, -0.1) is 0 Å². The highest BCUT2D eigenvalue weighted by Gasteiger charge is 2.24. The van der Waals surface area contributed by atoms with Gasteiger partial charge in [0, 0.05) is 12.0 Å². The van der Waals surface area contributed by atoms with E-state index in [4.69, 9.17) is 10.00 Å². The molecule has 1 unspecified atom stereocenters. The number of rotatable bonds is 5. The largest absolute Gasteiger partial charge is 0.444 e. The number of nitrogens with one attached hydrogen (secondary N) is 3. The number of amides is 2. The van der Waals surface area contributed by atoms with Gasteiger partial charge in [-0.25, -0.2) is 9.18 Å². The van der Waals surface area contributed by atoms with Crippen LogP contribution < -0.4 is 16.0 Å². The molecule has 2 rings (SSSR count). The molecule has 2 amide bonds. The Morgan fingerprint density at radius 2 is 1.86 bits per heavy atom. The minimum Gasteiger partial charge on any atom is -0.444 e. The molecule has 7 nitrogen and oxygen atoms in total. The Bertz CT molecular complexity index is 777. The van der Waals surface area contributed by atoms with Crippen molar-refractivity contribution in [3.05, 3.63) is 24.0 Å². The van der Waals surface area contributed by atoms with Gasteiger partial charge in [-0.05, 0) is 71.6 Å². The standard InChI is InChI=1S/C21H29FN4O3/c1-13(24-20(28)29-21(2,3)4)19(27)26-17-10-7-15(22)11-18(17)25-16-8-5-14(12-23)6-9-16/h7,10-11,13-14,16,25H,5-6,8-9H2,1-4H3,(H,24,28)(H,26,27). The number of alkyl carbamates (subject to hydrolysis) is 1. The Morgan fingerprint density at radius 1 is 1.21 bits per heavy atom. The van der Waals surface area contributed by atoms with E-state index in [1.165, 1.54) is 18.2 Å². The predicted octanol–water partition coefficient (Wildman–Crippen LogP) is 4.17. The van der Waals surface area contributed by atoms with E-state index in [-0.39, 0.29) is 12.0 Å². The normalized spacial score (nSPS) is 20.1. The van der Waals surface area contributed by atoms with Crippen LogP contribution in [0.4, 0.5) is 20.6 Å². The van der Waals surface area contributed by atoms with Crippen molar-refractivity contribution in [3.8, 4) is 6.07 Å². The maximum absolute atomic E-state index is 13.8. The lowest BCUT2D eigenvalue weighted by molar-refractivity contribution is -0.117. The SMILES string of the molecule is CC(NC(=O)OC(C)(C)C)C(=O)Nc1ccc(F)cc1NC1CCC(C#N)CC1. The van der Waals surface area contributed by atoms with Gasteiger partial charge in [0.25, 0.3) is 0 Å². The van der Waals surface area contributed by atoms with Crippen LogP contribution in [-0.2, 0) is 9.53 Å². The summed E-state index contributed by atoms with van der Waals surface area (Å²) in [5.41, 5.74) is 0.235. The minimum atomic E-state index is -0.839. The number of hydrogen-bond donors (Lipinski definition) is 3. The third-order valence-electron chi connectivity index (χ3n) is 4.64. The number of carbonyl (C=O) groups excluding carboxylic acids is 2. The van der Waals surface area contributed by atoms with Gasteiger partial charge in [-0.1, -0.05) is 0 Å². The molecule has 1 aliphatic rings. The topological polar surface area (TPSA) is 103 Å². The van der Waals surface area contributed by atoms with E-state index in [9.17, 15) is 14.0 Å². The van der Waals surface area contributed by atoms with E-state index < -0.39 is 29.5 Å². The molecule has 1 aliphatic carbocycles. The zero-order valence-corrected chi connectivity index (χ0v) is 17.3. The van der Waals surface area contributed by atoms with Crippen molar-refractivity contribution in [1.29, 1.82) is 5.26 Å². The van der Waals surface area contributed by atoms with Crippen LogP contribution in [0.1, 0.15) is 53.4 Å². The highest BCUT2D eigenvalue weighted by atomic mass is 19.1. The van der Waals surface area contributed by atoms with Gasteiger partial charge in [-0.3, -0.25) is 4.79 Å². The van der Waals surface area contributed by atoms with E-state index in [1.54, 1.807) is 27.7 Å². The quantitative estimate of drug-likeness (QED) is 0.683. The summed E-state index contributed by atoms with van der Waals surface area (Å²) < 4.78 is 18.9. The molecule has 1 atom stereocenters. The van der Waals surface area contributed by atoms with E-state index in [2.05, 4.69) is 22.0 Å². The van der Waals surface area contributed by atoms with Gasteiger partial charge in [0.05, 0.1) is 17.4 Å². The van der Waals surface area contributed by atoms with Gasteiger partial charge in [-0.2, -0.15) is 5.26 Å². The molecule has 1 aromatic rings. The molecule has 0 aromatic heterocycles. The van der Waals surface area contributed by atoms with Crippen LogP contribution in [0.15, 0.2) is 18.2 Å². The second-order valence-electron chi connectivity index (χ2n) is 8.37. The molecule has 8 heteroatoms. The molecule has 0 heterocycles. The van der Waals surface area contributed by atoms with Crippen molar-refractivity contribution in [1.82, 2.24) is 5.32 Å². The van der Waals surface area contributed by atoms with Gasteiger partial charge in [0.1, 0.15) is 17.5 Å². The minimum absolute atomic E-state index is 0.0690. The van der Waals surface area contributed by atoms with Crippen molar-refractivity contribution in [3.63, 3.8) is 0 Å². The third kappa shape index (κ3) is 7.26. The second kappa shape index (κ2) is 9.59. The molecule has 0 saturated heterocycles. The van der Waals surface area contributed by atoms with Crippen molar-refractivity contribution in [2.45, 2.75) is 71.1 Å². The summed E-state index contributed by atoms with van der Waals surface area (Å²) in [6.07, 6.45) is 2.51. The highest BCUT2D eigenvalue weighted by molar-refractivity contribution is 5.98. The van der Waals surface area contributed by atoms with Crippen molar-refractivity contribution < 1.29 is 18.7 Å². The Balaban J connectivity index is 2.00. The summed E-state index contributed by atoms with van der Waals surface area (Å²) in [7, 11) is 0. The molecule has 1 saturated carbocycles. The van der Waals surface area contributed by atoms with E-state index >= 15 is 0 Å².